The Kier molecular flexibility index (Phi) is 2.71. The fraction of sp³-hybridized carbons (Fsp3) is 0. The maximum Gasteiger partial charge on any atom is 0.284 e. The molecular formula is C11H7N3O2. The number of carbonyl (C=O) groups is 1. The van der Waals surface area contributed by atoms with Crippen molar-refractivity contribution in [2.75, 3.05) is 0 Å². The van der Waals surface area contributed by atoms with Crippen molar-refractivity contribution in [2.24, 2.45) is 5.11 Å². The normalized spacial score (nSPS) is 9.50. The minimum absolute atomic E-state index is 0.0386. The quantitative estimate of drug-likeness (QED) is 0.435. The van der Waals surface area contributed by atoms with Crippen LogP contribution in [0.5, 0.6) is 0 Å². The third-order valence-corrected chi connectivity index (χ3v) is 2.01. The van der Waals surface area contributed by atoms with Gasteiger partial charge in [0.2, 0.25) is 0 Å². The molecule has 0 saturated carbocycles. The van der Waals surface area contributed by atoms with Crippen molar-refractivity contribution >= 4 is 5.91 Å². The highest BCUT2D eigenvalue weighted by Crippen LogP contribution is 2.21. The molecule has 1 aromatic heterocycles. The molecular weight excluding hydrogens is 206 g/mol. The van der Waals surface area contributed by atoms with Crippen LogP contribution in [-0.2, 0) is 0 Å². The van der Waals surface area contributed by atoms with Gasteiger partial charge in [0.25, 0.3) is 5.91 Å². The van der Waals surface area contributed by atoms with Gasteiger partial charge in [-0.05, 0) is 22.8 Å². The average Bonchev–Trinajstić information content (AvgIpc) is 2.80. The van der Waals surface area contributed by atoms with Crippen LogP contribution in [0.3, 0.4) is 0 Å². The predicted octanol–water partition coefficient (Wildman–Crippen LogP) is 3.40. The molecule has 1 amide bonds. The van der Waals surface area contributed by atoms with Crippen molar-refractivity contribution in [2.45, 2.75) is 0 Å². The number of carbonyl (C=O) groups excluding carboxylic acids is 1. The van der Waals surface area contributed by atoms with E-state index in [1.807, 2.05) is 30.3 Å². The second kappa shape index (κ2) is 4.33. The van der Waals surface area contributed by atoms with Crippen LogP contribution in [0, 0.1) is 0 Å². The van der Waals surface area contributed by atoms with E-state index in [0.717, 1.165) is 5.56 Å². The third-order valence-electron chi connectivity index (χ3n) is 2.01. The Balaban J connectivity index is 2.33. The highest BCUT2D eigenvalue weighted by atomic mass is 16.3. The van der Waals surface area contributed by atoms with E-state index >= 15 is 0 Å². The maximum atomic E-state index is 11.2. The Morgan fingerprint density at radius 2 is 1.94 bits per heavy atom. The van der Waals surface area contributed by atoms with Crippen LogP contribution in [0.25, 0.3) is 21.8 Å². The molecule has 2 aromatic rings. The fourth-order valence-corrected chi connectivity index (χ4v) is 1.30. The minimum atomic E-state index is -0.718. The van der Waals surface area contributed by atoms with Gasteiger partial charge in [-0.25, -0.2) is 0 Å². The van der Waals surface area contributed by atoms with Crippen LogP contribution in [0.4, 0.5) is 0 Å². The molecule has 1 heterocycles. The van der Waals surface area contributed by atoms with E-state index < -0.39 is 5.91 Å². The van der Waals surface area contributed by atoms with Gasteiger partial charge < -0.3 is 4.42 Å². The number of hydrogen-bond donors (Lipinski definition) is 0. The largest absolute Gasteiger partial charge is 0.453 e. The van der Waals surface area contributed by atoms with E-state index in [9.17, 15) is 4.79 Å². The van der Waals surface area contributed by atoms with Crippen LogP contribution in [-0.4, -0.2) is 5.91 Å². The molecule has 0 N–H and O–H groups in total. The molecule has 0 bridgehead atoms. The Labute approximate surface area is 90.9 Å². The van der Waals surface area contributed by atoms with Gasteiger partial charge in [0.05, 0.1) is 0 Å². The average molecular weight is 213 g/mol. The third kappa shape index (κ3) is 1.94. The first-order chi connectivity index (χ1) is 7.81. The highest BCUT2D eigenvalue weighted by Gasteiger charge is 2.09. The number of benzene rings is 1. The summed E-state index contributed by atoms with van der Waals surface area (Å²) in [5, 5.41) is 2.95. The summed E-state index contributed by atoms with van der Waals surface area (Å²) in [5.74, 6) is -0.113. The number of azide groups is 1. The number of furan rings is 1. The summed E-state index contributed by atoms with van der Waals surface area (Å²) in [7, 11) is 0. The lowest BCUT2D eigenvalue weighted by Crippen LogP contribution is -1.88. The first kappa shape index (κ1) is 10.0. The Morgan fingerprint density at radius 1 is 1.19 bits per heavy atom. The van der Waals surface area contributed by atoms with Gasteiger partial charge in [0.15, 0.2) is 5.76 Å². The van der Waals surface area contributed by atoms with Gasteiger partial charge in [-0.3, -0.25) is 4.79 Å². The topological polar surface area (TPSA) is 79.0 Å². The summed E-state index contributed by atoms with van der Waals surface area (Å²) in [6, 6.07) is 12.5. The van der Waals surface area contributed by atoms with Gasteiger partial charge in [-0.2, -0.15) is 0 Å². The SMILES string of the molecule is [N-]=[N+]=NC(=O)c1ccc(-c2ccccc2)o1. The lowest BCUT2D eigenvalue weighted by atomic mass is 10.2. The molecule has 0 spiro atoms. The molecule has 1 aromatic carbocycles. The molecule has 78 valence electrons. The molecule has 0 aliphatic carbocycles. The van der Waals surface area contributed by atoms with Crippen molar-refractivity contribution in [1.82, 2.24) is 0 Å². The molecule has 0 atom stereocenters. The molecule has 0 saturated heterocycles. The number of hydrogen-bond acceptors (Lipinski definition) is 2. The minimum Gasteiger partial charge on any atom is -0.453 e. The molecule has 0 aliphatic rings. The summed E-state index contributed by atoms with van der Waals surface area (Å²) < 4.78 is 5.27. The lowest BCUT2D eigenvalue weighted by molar-refractivity contribution is 0.0975. The van der Waals surface area contributed by atoms with Crippen LogP contribution in [0.2, 0.25) is 0 Å². The van der Waals surface area contributed by atoms with E-state index in [1.54, 1.807) is 6.07 Å². The molecule has 5 nitrogen and oxygen atoms in total. The van der Waals surface area contributed by atoms with Crippen LogP contribution < -0.4 is 0 Å². The summed E-state index contributed by atoms with van der Waals surface area (Å²) in [6.07, 6.45) is 0. The van der Waals surface area contributed by atoms with Gasteiger partial charge >= 0.3 is 0 Å². The summed E-state index contributed by atoms with van der Waals surface area (Å²) in [4.78, 5) is 13.6. The molecule has 16 heavy (non-hydrogen) atoms. The van der Waals surface area contributed by atoms with Crippen LogP contribution in [0.1, 0.15) is 10.6 Å². The fourth-order valence-electron chi connectivity index (χ4n) is 1.30. The van der Waals surface area contributed by atoms with Crippen molar-refractivity contribution in [3.05, 3.63) is 58.7 Å². The molecule has 0 radical (unpaired) electrons. The molecule has 0 fully saturated rings. The van der Waals surface area contributed by atoms with Gasteiger partial charge in [-0.1, -0.05) is 30.3 Å². The molecule has 0 unspecified atom stereocenters. The zero-order valence-electron chi connectivity index (χ0n) is 8.20. The van der Waals surface area contributed by atoms with Gasteiger partial charge in [0, 0.05) is 10.5 Å². The van der Waals surface area contributed by atoms with Crippen LogP contribution >= 0.6 is 0 Å². The molecule has 2 rings (SSSR count). The van der Waals surface area contributed by atoms with Crippen molar-refractivity contribution in [3.63, 3.8) is 0 Å². The molecule has 5 heteroatoms. The van der Waals surface area contributed by atoms with E-state index in [1.165, 1.54) is 6.07 Å². The second-order valence-electron chi connectivity index (χ2n) is 3.02. The predicted molar refractivity (Wildman–Crippen MR) is 57.6 cm³/mol. The van der Waals surface area contributed by atoms with E-state index in [4.69, 9.17) is 9.95 Å². The Bertz CT molecular complexity index is 554. The highest BCUT2D eigenvalue weighted by molar-refractivity contribution is 5.92. The summed E-state index contributed by atoms with van der Waals surface area (Å²) in [6.45, 7) is 0. The first-order valence-corrected chi connectivity index (χ1v) is 4.56. The summed E-state index contributed by atoms with van der Waals surface area (Å²) in [5.41, 5.74) is 8.98. The molecule has 0 aliphatic heterocycles. The standard InChI is InChI=1S/C11H7N3O2/c12-14-13-11(15)10-7-6-9(16-10)8-4-2-1-3-5-8/h1-7H. The maximum absolute atomic E-state index is 11.2. The number of amides is 1. The Hall–Kier alpha value is -2.52. The van der Waals surface area contributed by atoms with Crippen LogP contribution in [0.15, 0.2) is 52.0 Å². The monoisotopic (exact) mass is 213 g/mol. The number of rotatable bonds is 2. The zero-order valence-corrected chi connectivity index (χ0v) is 8.20. The zero-order chi connectivity index (χ0) is 11.4. The van der Waals surface area contributed by atoms with E-state index in [0.29, 0.717) is 5.76 Å². The van der Waals surface area contributed by atoms with Gasteiger partial charge in [0.1, 0.15) is 5.76 Å². The smallest absolute Gasteiger partial charge is 0.284 e. The number of nitrogens with zero attached hydrogens (tertiary/aromatic N) is 3. The van der Waals surface area contributed by atoms with Crippen molar-refractivity contribution in [3.8, 4) is 11.3 Å². The van der Waals surface area contributed by atoms with E-state index in [-0.39, 0.29) is 5.76 Å². The second-order valence-corrected chi connectivity index (χ2v) is 3.02. The Morgan fingerprint density at radius 3 is 2.62 bits per heavy atom. The lowest BCUT2D eigenvalue weighted by Gasteiger charge is -1.94. The first-order valence-electron chi connectivity index (χ1n) is 4.56. The van der Waals surface area contributed by atoms with Crippen molar-refractivity contribution < 1.29 is 9.21 Å². The van der Waals surface area contributed by atoms with E-state index in [2.05, 4.69) is 10.0 Å². The summed E-state index contributed by atoms with van der Waals surface area (Å²) >= 11 is 0. The van der Waals surface area contributed by atoms with Crippen molar-refractivity contribution in [1.29, 1.82) is 0 Å². The van der Waals surface area contributed by atoms with Gasteiger partial charge in [-0.15, -0.1) is 0 Å².